The molecule has 0 spiro atoms. The Labute approximate surface area is 195 Å². The first-order valence-electron chi connectivity index (χ1n) is 10.8. The highest BCUT2D eigenvalue weighted by Crippen LogP contribution is 2.30. The largest absolute Gasteiger partial charge is 0.491 e. The van der Waals surface area contributed by atoms with Crippen molar-refractivity contribution in [3.63, 3.8) is 0 Å². The number of carbonyl (C=O) groups is 1. The monoisotopic (exact) mass is 458 g/mol. The number of nitrogens with one attached hydrogen (secondary N) is 1. The van der Waals surface area contributed by atoms with Gasteiger partial charge in [0, 0.05) is 19.6 Å². The average molecular weight is 459 g/mol. The number of fused-ring (bicyclic) bond motifs is 2. The van der Waals surface area contributed by atoms with Crippen LogP contribution in [-0.4, -0.2) is 55.2 Å². The van der Waals surface area contributed by atoms with Gasteiger partial charge in [0.15, 0.2) is 5.13 Å². The van der Waals surface area contributed by atoms with E-state index in [1.54, 1.807) is 18.2 Å². The van der Waals surface area contributed by atoms with Crippen molar-refractivity contribution >= 4 is 43.4 Å². The van der Waals surface area contributed by atoms with Gasteiger partial charge < -0.3 is 9.47 Å². The number of ether oxygens (including phenoxy) is 2. The Morgan fingerprint density at radius 3 is 2.73 bits per heavy atom. The SMILES string of the molecule is N#Cc1ccc2nc(NC(=O)c3cc4ccccc4cc3OCCN3CCOCC3)sc2c1. The number of nitrogens with zero attached hydrogens (tertiary/aromatic N) is 3. The Morgan fingerprint density at radius 2 is 1.94 bits per heavy atom. The lowest BCUT2D eigenvalue weighted by Crippen LogP contribution is -2.38. The average Bonchev–Trinajstić information content (AvgIpc) is 3.25. The van der Waals surface area contributed by atoms with Crippen LogP contribution in [0, 0.1) is 11.3 Å². The van der Waals surface area contributed by atoms with Gasteiger partial charge in [-0.1, -0.05) is 35.6 Å². The second-order valence-corrected chi connectivity index (χ2v) is 8.80. The first kappa shape index (κ1) is 21.3. The molecule has 0 atom stereocenters. The van der Waals surface area contributed by atoms with Crippen molar-refractivity contribution in [2.45, 2.75) is 0 Å². The molecule has 0 bridgehead atoms. The topological polar surface area (TPSA) is 87.5 Å². The molecule has 8 heteroatoms. The summed E-state index contributed by atoms with van der Waals surface area (Å²) >= 11 is 1.34. The zero-order valence-electron chi connectivity index (χ0n) is 17.9. The number of anilines is 1. The number of amides is 1. The maximum Gasteiger partial charge on any atom is 0.261 e. The van der Waals surface area contributed by atoms with Crippen molar-refractivity contribution in [3.8, 4) is 11.8 Å². The third kappa shape index (κ3) is 4.81. The summed E-state index contributed by atoms with van der Waals surface area (Å²) in [4.78, 5) is 20.0. The number of aromatic nitrogens is 1. The third-order valence-corrected chi connectivity index (χ3v) is 6.53. The fourth-order valence-corrected chi connectivity index (χ4v) is 4.74. The second kappa shape index (κ2) is 9.55. The minimum Gasteiger partial charge on any atom is -0.491 e. The summed E-state index contributed by atoms with van der Waals surface area (Å²) in [6.07, 6.45) is 0. The normalized spacial score (nSPS) is 14.3. The van der Waals surface area contributed by atoms with Gasteiger partial charge in [-0.25, -0.2) is 4.98 Å². The number of thiazole rings is 1. The van der Waals surface area contributed by atoms with Crippen LogP contribution < -0.4 is 10.1 Å². The highest BCUT2D eigenvalue weighted by atomic mass is 32.1. The van der Waals surface area contributed by atoms with Gasteiger partial charge in [0.2, 0.25) is 0 Å². The van der Waals surface area contributed by atoms with Crippen molar-refractivity contribution < 1.29 is 14.3 Å². The van der Waals surface area contributed by atoms with Crippen molar-refractivity contribution in [2.75, 3.05) is 44.8 Å². The van der Waals surface area contributed by atoms with E-state index in [9.17, 15) is 4.79 Å². The molecule has 1 aliphatic heterocycles. The van der Waals surface area contributed by atoms with Gasteiger partial charge in [-0.3, -0.25) is 15.0 Å². The van der Waals surface area contributed by atoms with Crippen LogP contribution >= 0.6 is 11.3 Å². The molecule has 1 aliphatic rings. The van der Waals surface area contributed by atoms with E-state index in [2.05, 4.69) is 21.3 Å². The van der Waals surface area contributed by atoms with Gasteiger partial charge in [0.05, 0.1) is 40.6 Å². The maximum atomic E-state index is 13.2. The number of hydrogen-bond acceptors (Lipinski definition) is 7. The van der Waals surface area contributed by atoms with Crippen LogP contribution in [0.15, 0.2) is 54.6 Å². The Balaban J connectivity index is 1.38. The molecule has 1 fully saturated rings. The van der Waals surface area contributed by atoms with Crippen LogP contribution in [0.2, 0.25) is 0 Å². The van der Waals surface area contributed by atoms with E-state index in [0.29, 0.717) is 28.6 Å². The summed E-state index contributed by atoms with van der Waals surface area (Å²) in [6.45, 7) is 4.51. The van der Waals surface area contributed by atoms with E-state index in [1.807, 2.05) is 36.4 Å². The quantitative estimate of drug-likeness (QED) is 0.464. The van der Waals surface area contributed by atoms with Crippen LogP contribution in [-0.2, 0) is 4.74 Å². The molecule has 33 heavy (non-hydrogen) atoms. The number of hydrogen-bond donors (Lipinski definition) is 1. The third-order valence-electron chi connectivity index (χ3n) is 5.60. The van der Waals surface area contributed by atoms with Crippen LogP contribution in [0.4, 0.5) is 5.13 Å². The number of morpholine rings is 1. The Kier molecular flexibility index (Phi) is 6.17. The van der Waals surface area contributed by atoms with E-state index < -0.39 is 0 Å². The Hall–Kier alpha value is -3.51. The fraction of sp³-hybridized carbons (Fsp3) is 0.240. The smallest absolute Gasteiger partial charge is 0.261 e. The van der Waals surface area contributed by atoms with Crippen LogP contribution in [0.5, 0.6) is 5.75 Å². The molecule has 0 unspecified atom stereocenters. The summed E-state index contributed by atoms with van der Waals surface area (Å²) in [6, 6.07) is 19.1. The number of rotatable bonds is 6. The number of benzene rings is 3. The van der Waals surface area contributed by atoms with Crippen molar-refractivity contribution in [2.24, 2.45) is 0 Å². The first-order chi connectivity index (χ1) is 16.2. The summed E-state index contributed by atoms with van der Waals surface area (Å²) < 4.78 is 12.3. The lowest BCUT2D eigenvalue weighted by molar-refractivity contribution is 0.0322. The molecule has 5 rings (SSSR count). The molecular weight excluding hydrogens is 436 g/mol. The summed E-state index contributed by atoms with van der Waals surface area (Å²) in [7, 11) is 0. The maximum absolute atomic E-state index is 13.2. The van der Waals surface area contributed by atoms with Gasteiger partial charge in [-0.2, -0.15) is 5.26 Å². The van der Waals surface area contributed by atoms with E-state index >= 15 is 0 Å². The van der Waals surface area contributed by atoms with Crippen LogP contribution in [0.3, 0.4) is 0 Å². The Morgan fingerprint density at radius 1 is 1.15 bits per heavy atom. The molecule has 4 aromatic rings. The van der Waals surface area contributed by atoms with Crippen molar-refractivity contribution in [1.29, 1.82) is 5.26 Å². The highest BCUT2D eigenvalue weighted by Gasteiger charge is 2.17. The van der Waals surface area contributed by atoms with Gasteiger partial charge >= 0.3 is 0 Å². The standard InChI is InChI=1S/C25H22N4O3S/c26-16-17-5-6-21-23(13-17)33-25(27-21)28-24(30)20-14-18-3-1-2-4-19(18)15-22(20)32-12-9-29-7-10-31-11-8-29/h1-6,13-15H,7-12H2,(H,27,28,30). The summed E-state index contributed by atoms with van der Waals surface area (Å²) in [5.74, 6) is 0.272. The van der Waals surface area contributed by atoms with E-state index in [1.165, 1.54) is 11.3 Å². The fourth-order valence-electron chi connectivity index (χ4n) is 3.84. The number of carbonyl (C=O) groups excluding carboxylic acids is 1. The molecular formula is C25H22N4O3S. The van der Waals surface area contributed by atoms with E-state index in [-0.39, 0.29) is 5.91 Å². The minimum atomic E-state index is -0.276. The molecule has 1 amide bonds. The molecule has 0 radical (unpaired) electrons. The van der Waals surface area contributed by atoms with Gasteiger partial charge in [0.1, 0.15) is 12.4 Å². The number of nitriles is 1. The lowest BCUT2D eigenvalue weighted by atomic mass is 10.1. The molecule has 2 heterocycles. The first-order valence-corrected chi connectivity index (χ1v) is 11.6. The predicted octanol–water partition coefficient (Wildman–Crippen LogP) is 4.28. The molecule has 1 N–H and O–H groups in total. The highest BCUT2D eigenvalue weighted by molar-refractivity contribution is 7.22. The molecule has 3 aromatic carbocycles. The summed E-state index contributed by atoms with van der Waals surface area (Å²) in [5, 5.41) is 14.5. The Bertz CT molecular complexity index is 1360. The summed E-state index contributed by atoms with van der Waals surface area (Å²) in [5.41, 5.74) is 1.77. The zero-order chi connectivity index (χ0) is 22.6. The van der Waals surface area contributed by atoms with Crippen LogP contribution in [0.1, 0.15) is 15.9 Å². The second-order valence-electron chi connectivity index (χ2n) is 7.77. The lowest BCUT2D eigenvalue weighted by Gasteiger charge is -2.26. The molecule has 166 valence electrons. The molecule has 1 aromatic heterocycles. The van der Waals surface area contributed by atoms with Gasteiger partial charge in [-0.05, 0) is 41.1 Å². The van der Waals surface area contributed by atoms with Crippen molar-refractivity contribution in [1.82, 2.24) is 9.88 Å². The van der Waals surface area contributed by atoms with Crippen LogP contribution in [0.25, 0.3) is 21.0 Å². The minimum absolute atomic E-state index is 0.276. The van der Waals surface area contributed by atoms with Gasteiger partial charge in [-0.15, -0.1) is 0 Å². The molecule has 0 aliphatic carbocycles. The van der Waals surface area contributed by atoms with E-state index in [0.717, 1.165) is 53.8 Å². The van der Waals surface area contributed by atoms with Crippen molar-refractivity contribution in [3.05, 3.63) is 65.7 Å². The molecule has 1 saturated heterocycles. The molecule has 7 nitrogen and oxygen atoms in total. The molecule has 0 saturated carbocycles. The zero-order valence-corrected chi connectivity index (χ0v) is 18.7. The van der Waals surface area contributed by atoms with E-state index in [4.69, 9.17) is 14.7 Å². The predicted molar refractivity (Wildman–Crippen MR) is 129 cm³/mol. The van der Waals surface area contributed by atoms with Gasteiger partial charge in [0.25, 0.3) is 5.91 Å².